The van der Waals surface area contributed by atoms with Gasteiger partial charge in [0.05, 0.1) is 13.2 Å². The van der Waals surface area contributed by atoms with Crippen LogP contribution in [0.15, 0.2) is 24.3 Å². The first-order chi connectivity index (χ1) is 7.83. The van der Waals surface area contributed by atoms with Crippen molar-refractivity contribution < 1.29 is 13.9 Å². The number of hydrogen-bond donors (Lipinski definition) is 1. The molecule has 0 unspecified atom stereocenters. The zero-order valence-corrected chi connectivity index (χ0v) is 9.54. The minimum atomic E-state index is -0.268. The first-order valence-corrected chi connectivity index (χ1v) is 5.41. The average Bonchev–Trinajstić information content (AvgIpc) is 2.28. The second-order valence-electron chi connectivity index (χ2n) is 3.40. The molecule has 0 radical (unpaired) electrons. The monoisotopic (exact) mass is 227 g/mol. The second-order valence-corrected chi connectivity index (χ2v) is 3.40. The maximum Gasteiger partial charge on any atom is 0.126 e. The molecular weight excluding hydrogens is 209 g/mol. The molecule has 0 heterocycles. The van der Waals surface area contributed by atoms with E-state index in [-0.39, 0.29) is 5.82 Å². The first kappa shape index (κ1) is 12.9. The van der Waals surface area contributed by atoms with E-state index in [0.717, 1.165) is 19.5 Å². The summed E-state index contributed by atoms with van der Waals surface area (Å²) in [5.41, 5.74) is 0. The number of ether oxygens (including phenoxy) is 2. The number of rotatable bonds is 8. The van der Waals surface area contributed by atoms with Crippen LogP contribution in [0.3, 0.4) is 0 Å². The Labute approximate surface area is 95.6 Å². The molecular formula is C12H18FNO2. The van der Waals surface area contributed by atoms with Crippen LogP contribution >= 0.6 is 0 Å². The van der Waals surface area contributed by atoms with Crippen LogP contribution in [0.25, 0.3) is 0 Å². The molecule has 0 aliphatic carbocycles. The average molecular weight is 227 g/mol. The van der Waals surface area contributed by atoms with E-state index in [1.54, 1.807) is 19.2 Å². The van der Waals surface area contributed by atoms with Crippen molar-refractivity contribution >= 4 is 0 Å². The Morgan fingerprint density at radius 2 is 2.12 bits per heavy atom. The molecule has 0 amide bonds. The van der Waals surface area contributed by atoms with E-state index in [9.17, 15) is 4.39 Å². The van der Waals surface area contributed by atoms with Crippen LogP contribution in [0.4, 0.5) is 4.39 Å². The van der Waals surface area contributed by atoms with Crippen LogP contribution in [0.5, 0.6) is 5.75 Å². The molecule has 4 heteroatoms. The topological polar surface area (TPSA) is 30.5 Å². The predicted molar refractivity (Wildman–Crippen MR) is 61.3 cm³/mol. The van der Waals surface area contributed by atoms with Crippen LogP contribution in [0, 0.1) is 5.82 Å². The van der Waals surface area contributed by atoms with Gasteiger partial charge in [0, 0.05) is 19.7 Å². The summed E-state index contributed by atoms with van der Waals surface area (Å²) >= 11 is 0. The summed E-state index contributed by atoms with van der Waals surface area (Å²) in [4.78, 5) is 0. The molecule has 1 rings (SSSR count). The van der Waals surface area contributed by atoms with E-state index >= 15 is 0 Å². The molecule has 0 bridgehead atoms. The molecule has 0 spiro atoms. The van der Waals surface area contributed by atoms with Crippen LogP contribution in [0.2, 0.25) is 0 Å². The summed E-state index contributed by atoms with van der Waals surface area (Å²) in [5.74, 6) is 0.313. The second kappa shape index (κ2) is 8.07. The maximum absolute atomic E-state index is 12.8. The van der Waals surface area contributed by atoms with E-state index in [4.69, 9.17) is 9.47 Å². The van der Waals surface area contributed by atoms with Gasteiger partial charge >= 0.3 is 0 Å². The van der Waals surface area contributed by atoms with E-state index in [1.165, 1.54) is 12.1 Å². The number of nitrogens with one attached hydrogen (secondary N) is 1. The van der Waals surface area contributed by atoms with Crippen molar-refractivity contribution in [1.82, 2.24) is 5.32 Å². The van der Waals surface area contributed by atoms with Gasteiger partial charge in [-0.2, -0.15) is 0 Å². The van der Waals surface area contributed by atoms with E-state index in [0.29, 0.717) is 19.0 Å². The predicted octanol–water partition coefficient (Wildman–Crippen LogP) is 1.83. The van der Waals surface area contributed by atoms with Crippen molar-refractivity contribution in [3.63, 3.8) is 0 Å². The van der Waals surface area contributed by atoms with Gasteiger partial charge in [-0.3, -0.25) is 0 Å². The van der Waals surface area contributed by atoms with Crippen molar-refractivity contribution in [1.29, 1.82) is 0 Å². The molecule has 16 heavy (non-hydrogen) atoms. The standard InChI is InChI=1S/C12H18FNO2/c1-15-9-7-14-6-3-8-16-12-5-2-4-11(13)10-12/h2,4-5,10,14H,3,6-9H2,1H3. The third-order valence-corrected chi connectivity index (χ3v) is 2.05. The number of methoxy groups -OCH3 is 1. The fourth-order valence-electron chi connectivity index (χ4n) is 1.24. The Hall–Kier alpha value is -1.13. The lowest BCUT2D eigenvalue weighted by Gasteiger charge is -2.06. The van der Waals surface area contributed by atoms with Crippen LogP contribution in [-0.2, 0) is 4.74 Å². The van der Waals surface area contributed by atoms with E-state index < -0.39 is 0 Å². The third kappa shape index (κ3) is 5.68. The Morgan fingerprint density at radius 3 is 2.88 bits per heavy atom. The van der Waals surface area contributed by atoms with Gasteiger partial charge in [0.15, 0.2) is 0 Å². The van der Waals surface area contributed by atoms with Crippen LogP contribution in [-0.4, -0.2) is 33.4 Å². The zero-order chi connectivity index (χ0) is 11.6. The van der Waals surface area contributed by atoms with Crippen molar-refractivity contribution in [2.75, 3.05) is 33.4 Å². The highest BCUT2D eigenvalue weighted by Crippen LogP contribution is 2.11. The molecule has 90 valence electrons. The van der Waals surface area contributed by atoms with Gasteiger partial charge in [0.1, 0.15) is 11.6 Å². The molecule has 1 aromatic rings. The van der Waals surface area contributed by atoms with Gasteiger partial charge in [-0.05, 0) is 25.1 Å². The molecule has 0 fully saturated rings. The van der Waals surface area contributed by atoms with Gasteiger partial charge in [-0.15, -0.1) is 0 Å². The summed E-state index contributed by atoms with van der Waals surface area (Å²) in [6.45, 7) is 3.02. The van der Waals surface area contributed by atoms with E-state index in [2.05, 4.69) is 5.32 Å². The van der Waals surface area contributed by atoms with Crippen LogP contribution in [0.1, 0.15) is 6.42 Å². The van der Waals surface area contributed by atoms with Gasteiger partial charge in [0.25, 0.3) is 0 Å². The minimum Gasteiger partial charge on any atom is -0.493 e. The first-order valence-electron chi connectivity index (χ1n) is 5.41. The molecule has 3 nitrogen and oxygen atoms in total. The quantitative estimate of drug-likeness (QED) is 0.687. The Morgan fingerprint density at radius 1 is 1.25 bits per heavy atom. The SMILES string of the molecule is COCCNCCCOc1cccc(F)c1. The van der Waals surface area contributed by atoms with Gasteiger partial charge in [-0.1, -0.05) is 6.07 Å². The highest BCUT2D eigenvalue weighted by atomic mass is 19.1. The van der Waals surface area contributed by atoms with Crippen molar-refractivity contribution in [2.24, 2.45) is 0 Å². The fourth-order valence-corrected chi connectivity index (χ4v) is 1.24. The Balaban J connectivity index is 2.03. The Bertz CT molecular complexity index is 294. The molecule has 0 aromatic heterocycles. The molecule has 1 N–H and O–H groups in total. The molecule has 0 aliphatic rings. The minimum absolute atomic E-state index is 0.268. The zero-order valence-electron chi connectivity index (χ0n) is 9.54. The summed E-state index contributed by atoms with van der Waals surface area (Å²) in [6, 6.07) is 6.18. The van der Waals surface area contributed by atoms with Gasteiger partial charge < -0.3 is 14.8 Å². The van der Waals surface area contributed by atoms with Crippen molar-refractivity contribution in [3.8, 4) is 5.75 Å². The van der Waals surface area contributed by atoms with E-state index in [1.807, 2.05) is 0 Å². The van der Waals surface area contributed by atoms with Crippen LogP contribution < -0.4 is 10.1 Å². The Kier molecular flexibility index (Phi) is 6.53. The lowest BCUT2D eigenvalue weighted by molar-refractivity contribution is 0.198. The largest absolute Gasteiger partial charge is 0.493 e. The van der Waals surface area contributed by atoms with Crippen molar-refractivity contribution in [3.05, 3.63) is 30.1 Å². The highest BCUT2D eigenvalue weighted by Gasteiger charge is 1.95. The normalized spacial score (nSPS) is 10.4. The van der Waals surface area contributed by atoms with Crippen molar-refractivity contribution in [2.45, 2.75) is 6.42 Å². The summed E-state index contributed by atoms with van der Waals surface area (Å²) in [7, 11) is 1.68. The lowest BCUT2D eigenvalue weighted by atomic mass is 10.3. The molecule has 0 aliphatic heterocycles. The summed E-state index contributed by atoms with van der Waals surface area (Å²) in [6.07, 6.45) is 0.889. The summed E-state index contributed by atoms with van der Waals surface area (Å²) in [5, 5.41) is 3.20. The third-order valence-electron chi connectivity index (χ3n) is 2.05. The molecule has 1 aromatic carbocycles. The lowest BCUT2D eigenvalue weighted by Crippen LogP contribution is -2.21. The van der Waals surface area contributed by atoms with Gasteiger partial charge in [-0.25, -0.2) is 4.39 Å². The number of hydrogen-bond acceptors (Lipinski definition) is 3. The fraction of sp³-hybridized carbons (Fsp3) is 0.500. The smallest absolute Gasteiger partial charge is 0.126 e. The van der Waals surface area contributed by atoms with Gasteiger partial charge in [0.2, 0.25) is 0 Å². The molecule has 0 saturated carbocycles. The molecule has 0 saturated heterocycles. The summed E-state index contributed by atoms with van der Waals surface area (Å²) < 4.78 is 23.1. The molecule has 0 atom stereocenters. The number of benzene rings is 1. The number of halogens is 1. The highest BCUT2D eigenvalue weighted by molar-refractivity contribution is 5.22. The maximum atomic E-state index is 12.8.